The van der Waals surface area contributed by atoms with Crippen LogP contribution in [0.2, 0.25) is 0 Å². The summed E-state index contributed by atoms with van der Waals surface area (Å²) in [5, 5.41) is 2.89. The summed E-state index contributed by atoms with van der Waals surface area (Å²) >= 11 is 0. The molecule has 0 aromatic carbocycles. The van der Waals surface area contributed by atoms with Crippen LogP contribution < -0.4 is 5.32 Å². The van der Waals surface area contributed by atoms with E-state index in [9.17, 15) is 9.59 Å². The highest BCUT2D eigenvalue weighted by Gasteiger charge is 2.28. The van der Waals surface area contributed by atoms with E-state index in [-0.39, 0.29) is 11.8 Å². The van der Waals surface area contributed by atoms with E-state index in [0.29, 0.717) is 37.6 Å². The largest absolute Gasteiger partial charge is 0.348 e. The highest BCUT2D eigenvalue weighted by molar-refractivity contribution is 5.93. The summed E-state index contributed by atoms with van der Waals surface area (Å²) in [6.45, 7) is 2.31. The van der Waals surface area contributed by atoms with Crippen LogP contribution in [0, 0.1) is 0 Å². The third kappa shape index (κ3) is 3.75. The number of pyridine rings is 1. The Balaban J connectivity index is 1.72. The van der Waals surface area contributed by atoms with E-state index in [1.165, 1.54) is 0 Å². The minimum atomic E-state index is -0.189. The van der Waals surface area contributed by atoms with E-state index in [0.717, 1.165) is 17.9 Å². The minimum Gasteiger partial charge on any atom is -0.348 e. The highest BCUT2D eigenvalue weighted by atomic mass is 16.2. The van der Waals surface area contributed by atoms with Gasteiger partial charge in [0.2, 0.25) is 0 Å². The van der Waals surface area contributed by atoms with Gasteiger partial charge in [-0.1, -0.05) is 6.07 Å². The van der Waals surface area contributed by atoms with Gasteiger partial charge in [0.05, 0.1) is 12.2 Å². The number of nitrogens with one attached hydrogen (secondary N) is 1. The first-order valence-corrected chi connectivity index (χ1v) is 8.65. The fourth-order valence-corrected chi connectivity index (χ4v) is 3.03. The Bertz CT molecular complexity index is 800. The van der Waals surface area contributed by atoms with Crippen molar-refractivity contribution in [3.05, 3.63) is 47.3 Å². The van der Waals surface area contributed by atoms with Crippen molar-refractivity contribution in [2.75, 3.05) is 33.7 Å². The molecule has 138 valence electrons. The maximum atomic E-state index is 12.6. The van der Waals surface area contributed by atoms with Crippen molar-refractivity contribution in [1.29, 1.82) is 0 Å². The van der Waals surface area contributed by atoms with Crippen molar-refractivity contribution in [2.24, 2.45) is 7.05 Å². The van der Waals surface area contributed by atoms with E-state index < -0.39 is 0 Å². The molecular weight excluding hydrogens is 332 g/mol. The second kappa shape index (κ2) is 7.65. The van der Waals surface area contributed by atoms with Crippen LogP contribution in [0.5, 0.6) is 0 Å². The van der Waals surface area contributed by atoms with Gasteiger partial charge in [-0.3, -0.25) is 14.6 Å². The number of likely N-dealkylation sites (N-methyl/N-ethyl adjacent to an activating group) is 1. The predicted octanol–water partition coefficient (Wildman–Crippen LogP) is 0.305. The van der Waals surface area contributed by atoms with Gasteiger partial charge < -0.3 is 19.7 Å². The molecule has 0 saturated carbocycles. The van der Waals surface area contributed by atoms with Gasteiger partial charge >= 0.3 is 0 Å². The molecule has 0 unspecified atom stereocenters. The second-order valence-electron chi connectivity index (χ2n) is 6.64. The molecule has 2 aromatic rings. The molecule has 0 bridgehead atoms. The zero-order valence-electron chi connectivity index (χ0n) is 15.4. The van der Waals surface area contributed by atoms with Crippen LogP contribution in [0.15, 0.2) is 24.4 Å². The number of nitrogens with zero attached hydrogens (tertiary/aromatic N) is 5. The van der Waals surface area contributed by atoms with Crippen LogP contribution in [0.25, 0.3) is 0 Å². The van der Waals surface area contributed by atoms with Crippen LogP contribution in [-0.4, -0.2) is 69.9 Å². The van der Waals surface area contributed by atoms with E-state index >= 15 is 0 Å². The summed E-state index contributed by atoms with van der Waals surface area (Å²) in [5.41, 5.74) is 2.21. The number of fused-ring (bicyclic) bond motifs is 1. The number of imidazole rings is 1. The average molecular weight is 356 g/mol. The third-order valence-corrected chi connectivity index (χ3v) is 4.47. The van der Waals surface area contributed by atoms with Crippen molar-refractivity contribution in [3.8, 4) is 0 Å². The Labute approximate surface area is 152 Å². The Morgan fingerprint density at radius 2 is 2.12 bits per heavy atom. The number of rotatable bonds is 5. The Kier molecular flexibility index (Phi) is 5.32. The number of carbonyl (C=O) groups excluding carboxylic acids is 2. The van der Waals surface area contributed by atoms with E-state index in [2.05, 4.69) is 15.3 Å². The van der Waals surface area contributed by atoms with Crippen molar-refractivity contribution in [3.63, 3.8) is 0 Å². The van der Waals surface area contributed by atoms with Crippen LogP contribution in [0.1, 0.15) is 32.5 Å². The maximum absolute atomic E-state index is 12.6. The van der Waals surface area contributed by atoms with Gasteiger partial charge in [0.15, 0.2) is 5.82 Å². The van der Waals surface area contributed by atoms with Gasteiger partial charge in [0, 0.05) is 45.0 Å². The number of amides is 2. The molecule has 2 aromatic heterocycles. The topological polar surface area (TPSA) is 83.4 Å². The zero-order valence-corrected chi connectivity index (χ0v) is 15.4. The first kappa shape index (κ1) is 18.1. The molecule has 0 aliphatic carbocycles. The van der Waals surface area contributed by atoms with Crippen LogP contribution in [0.4, 0.5) is 0 Å². The van der Waals surface area contributed by atoms with Gasteiger partial charge in [-0.25, -0.2) is 4.98 Å². The molecule has 0 saturated heterocycles. The second-order valence-corrected chi connectivity index (χ2v) is 6.64. The molecular formula is C18H24N6O2. The summed E-state index contributed by atoms with van der Waals surface area (Å²) < 4.78 is 1.84. The minimum absolute atomic E-state index is 0.112. The molecule has 2 amide bonds. The molecule has 8 nitrogen and oxygen atoms in total. The Morgan fingerprint density at radius 1 is 1.31 bits per heavy atom. The fourth-order valence-electron chi connectivity index (χ4n) is 3.03. The van der Waals surface area contributed by atoms with Gasteiger partial charge in [-0.2, -0.15) is 0 Å². The van der Waals surface area contributed by atoms with Crippen LogP contribution >= 0.6 is 0 Å². The van der Waals surface area contributed by atoms with E-state index in [4.69, 9.17) is 0 Å². The van der Waals surface area contributed by atoms with Crippen LogP contribution in [0.3, 0.4) is 0 Å². The van der Waals surface area contributed by atoms with Crippen molar-refractivity contribution in [1.82, 2.24) is 29.7 Å². The Morgan fingerprint density at radius 3 is 2.81 bits per heavy atom. The average Bonchev–Trinajstić information content (AvgIpc) is 2.97. The Hall–Kier alpha value is -2.74. The van der Waals surface area contributed by atoms with Gasteiger partial charge in [-0.15, -0.1) is 0 Å². The quantitative estimate of drug-likeness (QED) is 0.833. The first-order valence-electron chi connectivity index (χ1n) is 8.65. The maximum Gasteiger partial charge on any atom is 0.287 e. The van der Waals surface area contributed by atoms with Crippen molar-refractivity contribution < 1.29 is 9.59 Å². The van der Waals surface area contributed by atoms with Gasteiger partial charge in [0.1, 0.15) is 5.69 Å². The van der Waals surface area contributed by atoms with Crippen molar-refractivity contribution >= 4 is 11.8 Å². The summed E-state index contributed by atoms with van der Waals surface area (Å²) in [6.07, 6.45) is 2.28. The summed E-state index contributed by atoms with van der Waals surface area (Å²) in [6, 6.07) is 5.29. The number of hydrogen-bond donors (Lipinski definition) is 1. The highest BCUT2D eigenvalue weighted by Crippen LogP contribution is 2.20. The normalized spacial score (nSPS) is 13.6. The van der Waals surface area contributed by atoms with Crippen molar-refractivity contribution in [2.45, 2.75) is 13.0 Å². The predicted molar refractivity (Wildman–Crippen MR) is 96.8 cm³/mol. The standard InChI is InChI=1S/C18H24N6O2/c1-22(2)11-9-20-17(25)16-21-14-12-24(10-7-15(14)23(16)3)18(26)13-6-4-5-8-19-13/h4-6,8H,7,9-12H2,1-3H3,(H,20,25). The summed E-state index contributed by atoms with van der Waals surface area (Å²) in [7, 11) is 5.76. The van der Waals surface area contributed by atoms with E-state index in [1.54, 1.807) is 29.3 Å². The fraction of sp³-hybridized carbons (Fsp3) is 0.444. The first-order chi connectivity index (χ1) is 12.5. The molecule has 3 heterocycles. The number of carbonyl (C=O) groups is 2. The monoisotopic (exact) mass is 356 g/mol. The summed E-state index contributed by atoms with van der Waals surface area (Å²) in [5.74, 6) is 0.0890. The molecule has 0 radical (unpaired) electrons. The van der Waals surface area contributed by atoms with E-state index in [1.807, 2.05) is 30.6 Å². The SMILES string of the molecule is CN(C)CCNC(=O)c1nc2c(n1C)CCN(C(=O)c1ccccn1)C2. The lowest BCUT2D eigenvalue weighted by Gasteiger charge is -2.26. The zero-order chi connectivity index (χ0) is 18.7. The number of aromatic nitrogens is 3. The summed E-state index contributed by atoms with van der Waals surface area (Å²) in [4.78, 5) is 37.3. The molecule has 1 aliphatic rings. The lowest BCUT2D eigenvalue weighted by molar-refractivity contribution is 0.0725. The third-order valence-electron chi connectivity index (χ3n) is 4.47. The molecule has 3 rings (SSSR count). The smallest absolute Gasteiger partial charge is 0.287 e. The van der Waals surface area contributed by atoms with Crippen LogP contribution in [-0.2, 0) is 20.0 Å². The molecule has 8 heteroatoms. The van der Waals surface area contributed by atoms with Gasteiger partial charge in [0.25, 0.3) is 11.8 Å². The lowest BCUT2D eigenvalue weighted by Crippen LogP contribution is -2.36. The lowest BCUT2D eigenvalue weighted by atomic mass is 10.1. The van der Waals surface area contributed by atoms with Gasteiger partial charge in [-0.05, 0) is 26.2 Å². The molecule has 1 aliphatic heterocycles. The molecule has 1 N–H and O–H groups in total. The number of hydrogen-bond acceptors (Lipinski definition) is 5. The molecule has 0 atom stereocenters. The molecule has 26 heavy (non-hydrogen) atoms. The molecule has 0 fully saturated rings. The molecule has 0 spiro atoms.